The van der Waals surface area contributed by atoms with Gasteiger partial charge in [0.1, 0.15) is 0 Å². The molecule has 3 N–H and O–H groups in total. The van der Waals surface area contributed by atoms with Crippen LogP contribution in [0.15, 0.2) is 24.3 Å². The van der Waals surface area contributed by atoms with Crippen molar-refractivity contribution in [1.29, 1.82) is 0 Å². The normalized spacial score (nSPS) is 12.0. The minimum atomic E-state index is -0.154. The summed E-state index contributed by atoms with van der Waals surface area (Å²) in [6.07, 6.45) is 1.52. The Morgan fingerprint density at radius 2 is 1.88 bits per heavy atom. The third-order valence-corrected chi connectivity index (χ3v) is 4.45. The summed E-state index contributed by atoms with van der Waals surface area (Å²) in [7, 11) is 1.93. The molecule has 1 unspecified atom stereocenters. The molecular formula is C19H28N4O2. The molecule has 136 valence electrons. The fourth-order valence-corrected chi connectivity index (χ4v) is 2.88. The maximum atomic E-state index is 12.0. The van der Waals surface area contributed by atoms with Crippen LogP contribution >= 0.6 is 0 Å². The molecule has 2 amide bonds. The first kappa shape index (κ1) is 19.0. The lowest BCUT2D eigenvalue weighted by atomic mass is 10.1. The fraction of sp³-hybridized carbons (Fsp3) is 0.474. The highest BCUT2D eigenvalue weighted by molar-refractivity contribution is 5.74. The van der Waals surface area contributed by atoms with Crippen molar-refractivity contribution >= 4 is 6.03 Å². The molecular weight excluding hydrogens is 316 g/mol. The Morgan fingerprint density at radius 3 is 2.44 bits per heavy atom. The molecule has 0 saturated carbocycles. The summed E-state index contributed by atoms with van der Waals surface area (Å²) in [5.74, 6) is 0. The van der Waals surface area contributed by atoms with Crippen molar-refractivity contribution in [2.45, 2.75) is 46.3 Å². The van der Waals surface area contributed by atoms with E-state index in [0.29, 0.717) is 6.54 Å². The first-order chi connectivity index (χ1) is 11.9. The van der Waals surface area contributed by atoms with Gasteiger partial charge in [0.2, 0.25) is 0 Å². The van der Waals surface area contributed by atoms with Crippen LogP contribution in [0.1, 0.15) is 35.0 Å². The van der Waals surface area contributed by atoms with Crippen LogP contribution in [-0.4, -0.2) is 33.5 Å². The van der Waals surface area contributed by atoms with E-state index in [-0.39, 0.29) is 18.7 Å². The molecule has 1 heterocycles. The number of aliphatic hydroxyl groups is 1. The minimum absolute atomic E-state index is 0.0328. The molecule has 0 fully saturated rings. The second kappa shape index (κ2) is 8.67. The lowest BCUT2D eigenvalue weighted by Crippen LogP contribution is -2.42. The Hall–Kier alpha value is -2.34. The molecule has 1 atom stereocenters. The van der Waals surface area contributed by atoms with Crippen molar-refractivity contribution < 1.29 is 9.90 Å². The van der Waals surface area contributed by atoms with Crippen LogP contribution in [-0.2, 0) is 26.5 Å². The highest BCUT2D eigenvalue weighted by atomic mass is 16.3. The van der Waals surface area contributed by atoms with E-state index in [9.17, 15) is 4.79 Å². The van der Waals surface area contributed by atoms with Gasteiger partial charge in [-0.3, -0.25) is 4.68 Å². The molecule has 6 nitrogen and oxygen atoms in total. The highest BCUT2D eigenvalue weighted by Crippen LogP contribution is 2.14. The molecule has 0 radical (unpaired) electrons. The second-order valence-corrected chi connectivity index (χ2v) is 6.50. The summed E-state index contributed by atoms with van der Waals surface area (Å²) in [6, 6.07) is 7.62. The van der Waals surface area contributed by atoms with E-state index in [1.54, 1.807) is 0 Å². The number of carbonyl (C=O) groups is 1. The van der Waals surface area contributed by atoms with Crippen molar-refractivity contribution in [3.05, 3.63) is 52.3 Å². The molecule has 1 aromatic carbocycles. The van der Waals surface area contributed by atoms with E-state index in [0.717, 1.165) is 35.4 Å². The Labute approximate surface area is 149 Å². The minimum Gasteiger partial charge on any atom is -0.392 e. The van der Waals surface area contributed by atoms with Gasteiger partial charge in [-0.1, -0.05) is 24.3 Å². The number of aromatic nitrogens is 2. The van der Waals surface area contributed by atoms with E-state index in [2.05, 4.69) is 15.7 Å². The molecule has 0 saturated heterocycles. The zero-order valence-corrected chi connectivity index (χ0v) is 15.5. The van der Waals surface area contributed by atoms with Crippen molar-refractivity contribution in [3.8, 4) is 0 Å². The first-order valence-electron chi connectivity index (χ1n) is 8.62. The summed E-state index contributed by atoms with van der Waals surface area (Å²) < 4.78 is 1.87. The summed E-state index contributed by atoms with van der Waals surface area (Å²) in [5.41, 5.74) is 5.37. The Balaban J connectivity index is 1.75. The smallest absolute Gasteiger partial charge is 0.315 e. The predicted molar refractivity (Wildman–Crippen MR) is 98.5 cm³/mol. The summed E-state index contributed by atoms with van der Waals surface area (Å²) in [4.78, 5) is 12.0. The quantitative estimate of drug-likeness (QED) is 0.719. The molecule has 2 aromatic rings. The van der Waals surface area contributed by atoms with E-state index in [4.69, 9.17) is 5.11 Å². The number of nitrogens with one attached hydrogen (secondary N) is 2. The molecule has 0 spiro atoms. The van der Waals surface area contributed by atoms with Crippen LogP contribution in [0.5, 0.6) is 0 Å². The van der Waals surface area contributed by atoms with Gasteiger partial charge in [-0.05, 0) is 50.3 Å². The monoisotopic (exact) mass is 344 g/mol. The first-order valence-corrected chi connectivity index (χ1v) is 8.62. The van der Waals surface area contributed by atoms with Crippen molar-refractivity contribution in [1.82, 2.24) is 20.4 Å². The number of carbonyl (C=O) groups excluding carboxylic acids is 1. The number of nitrogens with zero attached hydrogens (tertiary/aromatic N) is 2. The van der Waals surface area contributed by atoms with Crippen LogP contribution < -0.4 is 10.6 Å². The van der Waals surface area contributed by atoms with Gasteiger partial charge < -0.3 is 15.7 Å². The van der Waals surface area contributed by atoms with Gasteiger partial charge in [-0.2, -0.15) is 5.10 Å². The average molecular weight is 344 g/mol. The van der Waals surface area contributed by atoms with Gasteiger partial charge in [0, 0.05) is 25.3 Å². The fourth-order valence-electron chi connectivity index (χ4n) is 2.88. The standard InChI is InChI=1S/C19H28N4O2/c1-13(11-18-14(2)22-23(4)15(18)3)21-19(25)20-10-9-16-5-7-17(12-24)8-6-16/h5-8,13,24H,9-12H2,1-4H3,(H2,20,21,25). The van der Waals surface area contributed by atoms with Gasteiger partial charge in [0.15, 0.2) is 0 Å². The van der Waals surface area contributed by atoms with Gasteiger partial charge in [0.05, 0.1) is 12.3 Å². The average Bonchev–Trinajstić information content (AvgIpc) is 2.81. The zero-order chi connectivity index (χ0) is 18.4. The number of amides is 2. The Morgan fingerprint density at radius 1 is 1.24 bits per heavy atom. The van der Waals surface area contributed by atoms with Crippen LogP contribution in [0.3, 0.4) is 0 Å². The topological polar surface area (TPSA) is 79.2 Å². The van der Waals surface area contributed by atoms with Crippen LogP contribution in [0.2, 0.25) is 0 Å². The molecule has 0 aliphatic carbocycles. The zero-order valence-electron chi connectivity index (χ0n) is 15.5. The van der Waals surface area contributed by atoms with Gasteiger partial charge in [0.25, 0.3) is 0 Å². The number of benzene rings is 1. The molecule has 6 heteroatoms. The number of hydrogen-bond acceptors (Lipinski definition) is 3. The third kappa shape index (κ3) is 5.32. The largest absolute Gasteiger partial charge is 0.392 e. The van der Waals surface area contributed by atoms with E-state index in [1.165, 1.54) is 5.56 Å². The molecule has 0 bridgehead atoms. The van der Waals surface area contributed by atoms with E-state index >= 15 is 0 Å². The summed E-state index contributed by atoms with van der Waals surface area (Å²) in [5, 5.41) is 19.3. The SMILES string of the molecule is Cc1nn(C)c(C)c1CC(C)NC(=O)NCCc1ccc(CO)cc1. The lowest BCUT2D eigenvalue weighted by molar-refractivity contribution is 0.238. The van der Waals surface area contributed by atoms with Gasteiger partial charge in [-0.15, -0.1) is 0 Å². The highest BCUT2D eigenvalue weighted by Gasteiger charge is 2.14. The Bertz CT molecular complexity index is 707. The van der Waals surface area contributed by atoms with Crippen LogP contribution in [0.25, 0.3) is 0 Å². The van der Waals surface area contributed by atoms with Crippen molar-refractivity contribution in [3.63, 3.8) is 0 Å². The van der Waals surface area contributed by atoms with Gasteiger partial charge >= 0.3 is 6.03 Å². The third-order valence-electron chi connectivity index (χ3n) is 4.45. The number of hydrogen-bond donors (Lipinski definition) is 3. The molecule has 0 aliphatic heterocycles. The molecule has 2 rings (SSSR count). The van der Waals surface area contributed by atoms with Crippen molar-refractivity contribution in [2.24, 2.45) is 7.05 Å². The maximum Gasteiger partial charge on any atom is 0.315 e. The number of aryl methyl sites for hydroxylation is 2. The lowest BCUT2D eigenvalue weighted by Gasteiger charge is -2.15. The van der Waals surface area contributed by atoms with Crippen molar-refractivity contribution in [2.75, 3.05) is 6.54 Å². The number of aliphatic hydroxyl groups excluding tert-OH is 1. The van der Waals surface area contributed by atoms with Crippen LogP contribution in [0, 0.1) is 13.8 Å². The van der Waals surface area contributed by atoms with E-state index in [1.807, 2.05) is 56.8 Å². The second-order valence-electron chi connectivity index (χ2n) is 6.50. The van der Waals surface area contributed by atoms with Crippen LogP contribution in [0.4, 0.5) is 4.79 Å². The molecule has 1 aromatic heterocycles. The number of rotatable bonds is 7. The maximum absolute atomic E-state index is 12.0. The summed E-state index contributed by atoms with van der Waals surface area (Å²) in [6.45, 7) is 6.66. The molecule has 0 aliphatic rings. The van der Waals surface area contributed by atoms with Gasteiger partial charge in [-0.25, -0.2) is 4.79 Å². The van der Waals surface area contributed by atoms with E-state index < -0.39 is 0 Å². The number of urea groups is 1. The Kier molecular flexibility index (Phi) is 6.58. The summed E-state index contributed by atoms with van der Waals surface area (Å²) >= 11 is 0. The molecule has 25 heavy (non-hydrogen) atoms. The predicted octanol–water partition coefficient (Wildman–Crippen LogP) is 2.00.